The van der Waals surface area contributed by atoms with E-state index in [0.29, 0.717) is 0 Å². The first-order valence-electron chi connectivity index (χ1n) is 8.48. The Labute approximate surface area is 171 Å². The van der Waals surface area contributed by atoms with E-state index in [1.807, 2.05) is 0 Å². The Balaban J connectivity index is 2.37. The number of nitrogens with one attached hydrogen (secondary N) is 1. The van der Waals surface area contributed by atoms with Gasteiger partial charge in [0.15, 0.2) is 11.5 Å². The van der Waals surface area contributed by atoms with Gasteiger partial charge in [0.1, 0.15) is 17.5 Å². The minimum Gasteiger partial charge on any atom is -0.507 e. The number of aromatic hydroxyl groups is 1. The topological polar surface area (TPSA) is 139 Å². The number of ketones is 2. The average molecular weight is 423 g/mol. The van der Waals surface area contributed by atoms with Gasteiger partial charge in [-0.3, -0.25) is 14.4 Å². The molecule has 29 heavy (non-hydrogen) atoms. The molecule has 1 aromatic carbocycles. The van der Waals surface area contributed by atoms with Crippen molar-refractivity contribution in [2.75, 3.05) is 20.0 Å². The fraction of sp³-hybridized carbons (Fsp3) is 0.368. The van der Waals surface area contributed by atoms with Gasteiger partial charge in [-0.15, -0.1) is 0 Å². The second-order valence-corrected chi connectivity index (χ2v) is 7.28. The Morgan fingerprint density at radius 1 is 1.21 bits per heavy atom. The predicted molar refractivity (Wildman–Crippen MR) is 104 cm³/mol. The van der Waals surface area contributed by atoms with Crippen LogP contribution in [0.2, 0.25) is 0 Å². The van der Waals surface area contributed by atoms with Crippen molar-refractivity contribution in [1.82, 2.24) is 5.32 Å². The molecule has 1 aliphatic carbocycles. The molecular formula is C19H21NO8S. The molecule has 1 aliphatic rings. The van der Waals surface area contributed by atoms with Gasteiger partial charge in [0, 0.05) is 35.1 Å². The first-order chi connectivity index (χ1) is 13.6. The molecule has 0 radical (unpaired) electrons. The Bertz CT molecular complexity index is 921. The van der Waals surface area contributed by atoms with Gasteiger partial charge >= 0.3 is 5.97 Å². The number of carbonyl (C=O) groups excluding carboxylic acids is 3. The monoisotopic (exact) mass is 423 g/mol. The molecule has 3 N–H and O–H groups in total. The Morgan fingerprint density at radius 2 is 1.86 bits per heavy atom. The van der Waals surface area contributed by atoms with E-state index < -0.39 is 35.2 Å². The zero-order valence-electron chi connectivity index (χ0n) is 16.3. The number of phenols is 1. The van der Waals surface area contributed by atoms with E-state index in [1.54, 1.807) is 0 Å². The highest BCUT2D eigenvalue weighted by molar-refractivity contribution is 7.98. The summed E-state index contributed by atoms with van der Waals surface area (Å²) in [5.41, 5.74) is 0.169. The largest absolute Gasteiger partial charge is 0.507 e. The van der Waals surface area contributed by atoms with Crippen LogP contribution in [0, 0.1) is 0 Å². The smallest absolute Gasteiger partial charge is 0.327 e. The minimum absolute atomic E-state index is 0.0220. The zero-order chi connectivity index (χ0) is 21.9. The fourth-order valence-electron chi connectivity index (χ4n) is 2.94. The van der Waals surface area contributed by atoms with Crippen molar-refractivity contribution in [3.05, 3.63) is 34.1 Å². The fourth-order valence-corrected chi connectivity index (χ4v) is 4.01. The molecule has 9 nitrogen and oxygen atoms in total. The van der Waals surface area contributed by atoms with Crippen LogP contribution in [0.4, 0.5) is 0 Å². The van der Waals surface area contributed by atoms with Crippen LogP contribution in [-0.4, -0.2) is 59.7 Å². The van der Waals surface area contributed by atoms with Crippen LogP contribution in [0.15, 0.2) is 17.4 Å². The van der Waals surface area contributed by atoms with Crippen molar-refractivity contribution >= 4 is 35.2 Å². The number of fused-ring (bicyclic) bond motifs is 1. The van der Waals surface area contributed by atoms with Gasteiger partial charge < -0.3 is 25.0 Å². The summed E-state index contributed by atoms with van der Waals surface area (Å²) in [5, 5.41) is 22.2. The summed E-state index contributed by atoms with van der Waals surface area (Å²) < 4.78 is 10.3. The van der Waals surface area contributed by atoms with Gasteiger partial charge in [0.05, 0.1) is 19.8 Å². The number of hydrogen-bond acceptors (Lipinski definition) is 8. The average Bonchev–Trinajstić information content (AvgIpc) is 2.66. The molecule has 0 bridgehead atoms. The first kappa shape index (κ1) is 22.3. The second-order valence-electron chi connectivity index (χ2n) is 6.25. The molecule has 0 saturated carbocycles. The molecule has 2 rings (SSSR count). The van der Waals surface area contributed by atoms with Gasteiger partial charge in [-0.2, -0.15) is 11.8 Å². The van der Waals surface area contributed by atoms with E-state index in [9.17, 15) is 29.4 Å². The molecule has 0 fully saturated rings. The molecule has 1 atom stereocenters. The lowest BCUT2D eigenvalue weighted by molar-refractivity contribution is -0.140. The van der Waals surface area contributed by atoms with Gasteiger partial charge in [-0.1, -0.05) is 0 Å². The summed E-state index contributed by atoms with van der Waals surface area (Å²) >= 11 is 1.12. The number of thioether (sulfide) groups is 1. The van der Waals surface area contributed by atoms with Gasteiger partial charge in [-0.05, 0) is 13.0 Å². The second kappa shape index (κ2) is 8.99. The lowest BCUT2D eigenvalue weighted by Gasteiger charge is -2.22. The number of aliphatic carboxylic acids is 1. The highest BCUT2D eigenvalue weighted by Crippen LogP contribution is 2.41. The highest BCUT2D eigenvalue weighted by Gasteiger charge is 2.35. The van der Waals surface area contributed by atoms with Crippen molar-refractivity contribution in [1.29, 1.82) is 0 Å². The van der Waals surface area contributed by atoms with Crippen LogP contribution in [0.5, 0.6) is 11.5 Å². The number of benzene rings is 1. The molecular weight excluding hydrogens is 402 g/mol. The van der Waals surface area contributed by atoms with Gasteiger partial charge in [-0.25, -0.2) is 4.79 Å². The summed E-state index contributed by atoms with van der Waals surface area (Å²) in [6.45, 7) is 2.65. The number of amides is 1. The summed E-state index contributed by atoms with van der Waals surface area (Å²) in [4.78, 5) is 47.6. The number of phenolic OH excluding ortho intramolecular Hbond substituents is 1. The summed E-state index contributed by atoms with van der Waals surface area (Å²) in [6.07, 6.45) is 0. The zero-order valence-corrected chi connectivity index (χ0v) is 17.1. The maximum Gasteiger partial charge on any atom is 0.327 e. The molecule has 0 aliphatic heterocycles. The van der Waals surface area contributed by atoms with Crippen molar-refractivity contribution in [2.45, 2.75) is 25.6 Å². The van der Waals surface area contributed by atoms with Crippen molar-refractivity contribution in [3.63, 3.8) is 0 Å². The standard InChI is InChI=1S/C19H21NO8S/c1-8-15(22)14-10(17(24)18(8)28-4)5-13(27-3)11(16(14)23)6-29-7-12(19(25)26)20-9(2)21/h5,12,23H,6-7H2,1-4H3,(H,20,21)(H,25,26)/t12-/m0/s1. The summed E-state index contributed by atoms with van der Waals surface area (Å²) in [6, 6.07) is 0.250. The van der Waals surface area contributed by atoms with Crippen LogP contribution in [0.25, 0.3) is 0 Å². The number of Topliss-reactive ketones (excluding diaryl/α,β-unsaturated/α-hetero) is 2. The van der Waals surface area contributed by atoms with Crippen LogP contribution in [0.3, 0.4) is 0 Å². The SMILES string of the molecule is COC1=C(C)C(=O)c2c(cc(OC)c(CSC[C@H](NC(C)=O)C(=O)O)c2O)C1=O. The number of hydrogen-bond donors (Lipinski definition) is 3. The van der Waals surface area contributed by atoms with Gasteiger partial charge in [0.25, 0.3) is 0 Å². The van der Waals surface area contributed by atoms with Gasteiger partial charge in [0.2, 0.25) is 11.7 Å². The molecule has 0 unspecified atom stereocenters. The lowest BCUT2D eigenvalue weighted by Crippen LogP contribution is -2.41. The van der Waals surface area contributed by atoms with E-state index in [0.717, 1.165) is 11.8 Å². The number of ether oxygens (including phenoxy) is 2. The number of carboxylic acid groups (broad SMARTS) is 1. The molecule has 0 aromatic heterocycles. The third kappa shape index (κ3) is 4.37. The van der Waals surface area contributed by atoms with Crippen molar-refractivity contribution in [2.24, 2.45) is 0 Å². The van der Waals surface area contributed by atoms with Crippen LogP contribution in [0.1, 0.15) is 40.1 Å². The number of allylic oxidation sites excluding steroid dienone is 2. The summed E-state index contributed by atoms with van der Waals surface area (Å²) in [5.74, 6) is -2.95. The minimum atomic E-state index is -1.19. The van der Waals surface area contributed by atoms with E-state index in [-0.39, 0.29) is 45.3 Å². The maximum absolute atomic E-state index is 12.7. The molecule has 0 spiro atoms. The molecule has 10 heteroatoms. The quantitative estimate of drug-likeness (QED) is 0.568. The number of rotatable bonds is 8. The Kier molecular flexibility index (Phi) is 6.91. The van der Waals surface area contributed by atoms with Crippen molar-refractivity contribution < 1.29 is 38.9 Å². The number of methoxy groups -OCH3 is 2. The van der Waals surface area contributed by atoms with Crippen molar-refractivity contribution in [3.8, 4) is 11.5 Å². The molecule has 156 valence electrons. The highest BCUT2D eigenvalue weighted by atomic mass is 32.2. The Hall–Kier alpha value is -3.01. The maximum atomic E-state index is 12.7. The van der Waals surface area contributed by atoms with E-state index in [2.05, 4.69) is 5.32 Å². The molecule has 0 saturated heterocycles. The van der Waals surface area contributed by atoms with E-state index in [1.165, 1.54) is 34.1 Å². The van der Waals surface area contributed by atoms with Crippen LogP contribution >= 0.6 is 11.8 Å². The molecule has 1 aromatic rings. The third-order valence-electron chi connectivity index (χ3n) is 4.35. The lowest BCUT2D eigenvalue weighted by atomic mass is 9.86. The first-order valence-corrected chi connectivity index (χ1v) is 9.64. The van der Waals surface area contributed by atoms with Crippen LogP contribution in [-0.2, 0) is 20.1 Å². The van der Waals surface area contributed by atoms with E-state index >= 15 is 0 Å². The third-order valence-corrected chi connectivity index (χ3v) is 5.42. The van der Waals surface area contributed by atoms with E-state index in [4.69, 9.17) is 9.47 Å². The normalized spacial score (nSPS) is 14.3. The molecule has 1 amide bonds. The predicted octanol–water partition coefficient (Wildman–Crippen LogP) is 1.52. The number of carboxylic acids is 1. The summed E-state index contributed by atoms with van der Waals surface area (Å²) in [7, 11) is 2.63. The number of carbonyl (C=O) groups is 4. The molecule has 0 heterocycles. The Morgan fingerprint density at radius 3 is 2.38 bits per heavy atom. The van der Waals surface area contributed by atoms with Crippen LogP contribution < -0.4 is 10.1 Å².